The van der Waals surface area contributed by atoms with E-state index in [9.17, 15) is 14.4 Å². The van der Waals surface area contributed by atoms with Crippen molar-refractivity contribution in [2.24, 2.45) is 5.41 Å². The number of carbonyl (C=O) groups is 3. The van der Waals surface area contributed by atoms with Crippen LogP contribution in [-0.4, -0.2) is 34.7 Å². The molecule has 0 unspecified atom stereocenters. The minimum atomic E-state index is -2.39. The van der Waals surface area contributed by atoms with Gasteiger partial charge in [0, 0.05) is 0 Å². The van der Waals surface area contributed by atoms with E-state index < -0.39 is 23.3 Å². The number of rotatable bonds is 2. The number of hydrogen-bond donors (Lipinski definition) is 2. The fraction of sp³-hybridized carbons (Fsp3) is 0.571. The van der Waals surface area contributed by atoms with Gasteiger partial charge >= 0.3 is 17.9 Å². The van der Waals surface area contributed by atoms with Crippen LogP contribution in [0.5, 0.6) is 0 Å². The Kier molecular flexibility index (Phi) is 2.22. The number of esters is 1. The quantitative estimate of drug-likeness (QED) is 0.446. The molecule has 1 saturated heterocycles. The summed E-state index contributed by atoms with van der Waals surface area (Å²) >= 11 is 0. The molecule has 2 N–H and O–H groups in total. The SMILES string of the molecule is O=C(O)C1(C(=O)O)CCCOC1=O. The van der Waals surface area contributed by atoms with Crippen LogP contribution in [0.4, 0.5) is 0 Å². The molecule has 0 spiro atoms. The Morgan fingerprint density at radius 3 is 2.15 bits per heavy atom. The molecule has 72 valence electrons. The molecule has 0 radical (unpaired) electrons. The molecule has 0 bridgehead atoms. The number of hydrogen-bond acceptors (Lipinski definition) is 4. The van der Waals surface area contributed by atoms with Gasteiger partial charge in [0.2, 0.25) is 0 Å². The Morgan fingerprint density at radius 2 is 1.85 bits per heavy atom. The lowest BCUT2D eigenvalue weighted by Crippen LogP contribution is -2.49. The molecule has 13 heavy (non-hydrogen) atoms. The summed E-state index contributed by atoms with van der Waals surface area (Å²) in [6.45, 7) is 0.0845. The molecule has 0 saturated carbocycles. The molecule has 0 atom stereocenters. The summed E-state index contributed by atoms with van der Waals surface area (Å²) in [5.74, 6) is -4.51. The molecule has 0 aromatic heterocycles. The Balaban J connectivity index is 3.07. The van der Waals surface area contributed by atoms with Gasteiger partial charge in [-0.2, -0.15) is 0 Å². The van der Waals surface area contributed by atoms with Crippen molar-refractivity contribution in [3.8, 4) is 0 Å². The van der Waals surface area contributed by atoms with Crippen LogP contribution in [0.3, 0.4) is 0 Å². The maximum Gasteiger partial charge on any atom is 0.335 e. The molecule has 0 aliphatic carbocycles. The summed E-state index contributed by atoms with van der Waals surface area (Å²) in [6.07, 6.45) is 0.0425. The normalized spacial score (nSPS) is 20.5. The zero-order valence-electron chi connectivity index (χ0n) is 6.65. The monoisotopic (exact) mass is 188 g/mol. The minimum absolute atomic E-state index is 0.0845. The molecule has 6 nitrogen and oxygen atoms in total. The zero-order valence-corrected chi connectivity index (χ0v) is 6.65. The molecule has 1 rings (SSSR count). The van der Waals surface area contributed by atoms with Gasteiger partial charge in [-0.1, -0.05) is 0 Å². The van der Waals surface area contributed by atoms with Crippen LogP contribution in [-0.2, 0) is 19.1 Å². The molecular weight excluding hydrogens is 180 g/mol. The first-order valence-electron chi connectivity index (χ1n) is 3.66. The van der Waals surface area contributed by atoms with Gasteiger partial charge in [0.05, 0.1) is 6.61 Å². The van der Waals surface area contributed by atoms with Crippen LogP contribution in [0.1, 0.15) is 12.8 Å². The van der Waals surface area contributed by atoms with Gasteiger partial charge in [0.25, 0.3) is 5.41 Å². The molecule has 1 heterocycles. The predicted molar refractivity (Wildman–Crippen MR) is 37.9 cm³/mol. The van der Waals surface area contributed by atoms with Crippen LogP contribution in [0.2, 0.25) is 0 Å². The highest BCUT2D eigenvalue weighted by Crippen LogP contribution is 2.30. The molecule has 0 aromatic rings. The molecule has 6 heteroatoms. The predicted octanol–water partition coefficient (Wildman–Crippen LogP) is -0.521. The highest BCUT2D eigenvalue weighted by Gasteiger charge is 2.56. The van der Waals surface area contributed by atoms with Gasteiger partial charge in [0.1, 0.15) is 0 Å². The first-order valence-corrected chi connectivity index (χ1v) is 3.66. The molecule has 0 amide bonds. The van der Waals surface area contributed by atoms with E-state index in [-0.39, 0.29) is 19.4 Å². The lowest BCUT2D eigenvalue weighted by Gasteiger charge is -2.26. The summed E-state index contributed by atoms with van der Waals surface area (Å²) in [6, 6.07) is 0. The number of cyclic esters (lactones) is 1. The second-order valence-electron chi connectivity index (χ2n) is 2.76. The van der Waals surface area contributed by atoms with E-state index in [0.717, 1.165) is 0 Å². The summed E-state index contributed by atoms with van der Waals surface area (Å²) in [4.78, 5) is 32.3. The Hall–Kier alpha value is -1.59. The lowest BCUT2D eigenvalue weighted by molar-refractivity contribution is -0.183. The maximum atomic E-state index is 11.0. The summed E-state index contributed by atoms with van der Waals surface area (Å²) < 4.78 is 4.42. The number of carbonyl (C=O) groups excluding carboxylic acids is 1. The zero-order chi connectivity index (χ0) is 10.1. The van der Waals surface area contributed by atoms with Crippen molar-refractivity contribution in [1.29, 1.82) is 0 Å². The third-order valence-corrected chi connectivity index (χ3v) is 2.01. The molecule has 1 aliphatic heterocycles. The number of carboxylic acids is 2. The highest BCUT2D eigenvalue weighted by atomic mass is 16.5. The van der Waals surface area contributed by atoms with Gasteiger partial charge in [0.15, 0.2) is 0 Å². The smallest absolute Gasteiger partial charge is 0.335 e. The van der Waals surface area contributed by atoms with Gasteiger partial charge in [-0.25, -0.2) is 0 Å². The van der Waals surface area contributed by atoms with Crippen LogP contribution in [0.25, 0.3) is 0 Å². The van der Waals surface area contributed by atoms with Crippen LogP contribution in [0, 0.1) is 5.41 Å². The largest absolute Gasteiger partial charge is 0.480 e. The number of ether oxygens (including phenoxy) is 1. The van der Waals surface area contributed by atoms with E-state index in [1.54, 1.807) is 0 Å². The van der Waals surface area contributed by atoms with Gasteiger partial charge in [-0.05, 0) is 12.8 Å². The maximum absolute atomic E-state index is 11.0. The lowest BCUT2D eigenvalue weighted by atomic mass is 9.82. The van der Waals surface area contributed by atoms with E-state index in [1.807, 2.05) is 0 Å². The average Bonchev–Trinajstić information content (AvgIpc) is 2.04. The summed E-state index contributed by atoms with van der Waals surface area (Å²) in [7, 11) is 0. The first-order chi connectivity index (χ1) is 6.01. The third-order valence-electron chi connectivity index (χ3n) is 2.01. The van der Waals surface area contributed by atoms with Crippen LogP contribution >= 0.6 is 0 Å². The first kappa shape index (κ1) is 9.50. The van der Waals surface area contributed by atoms with Gasteiger partial charge in [-0.15, -0.1) is 0 Å². The third kappa shape index (κ3) is 1.24. The van der Waals surface area contributed by atoms with E-state index in [1.165, 1.54) is 0 Å². The summed E-state index contributed by atoms with van der Waals surface area (Å²) in [5.41, 5.74) is -2.39. The Morgan fingerprint density at radius 1 is 1.31 bits per heavy atom. The van der Waals surface area contributed by atoms with Crippen molar-refractivity contribution in [3.05, 3.63) is 0 Å². The average molecular weight is 188 g/mol. The van der Waals surface area contributed by atoms with E-state index >= 15 is 0 Å². The van der Waals surface area contributed by atoms with Crippen LogP contribution < -0.4 is 0 Å². The van der Waals surface area contributed by atoms with E-state index in [4.69, 9.17) is 10.2 Å². The van der Waals surface area contributed by atoms with Gasteiger partial charge in [-0.3, -0.25) is 14.4 Å². The Labute approximate surface area is 73.1 Å². The van der Waals surface area contributed by atoms with Crippen molar-refractivity contribution in [3.63, 3.8) is 0 Å². The molecular formula is C7H8O6. The second kappa shape index (κ2) is 3.04. The summed E-state index contributed by atoms with van der Waals surface area (Å²) in [5, 5.41) is 17.3. The Bertz CT molecular complexity index is 254. The van der Waals surface area contributed by atoms with Crippen molar-refractivity contribution < 1.29 is 29.3 Å². The van der Waals surface area contributed by atoms with Crippen LogP contribution in [0.15, 0.2) is 0 Å². The fourth-order valence-corrected chi connectivity index (χ4v) is 1.21. The van der Waals surface area contributed by atoms with Crippen molar-refractivity contribution >= 4 is 17.9 Å². The molecule has 0 aromatic carbocycles. The number of carboxylic acid groups (broad SMARTS) is 2. The number of aliphatic carboxylic acids is 2. The van der Waals surface area contributed by atoms with Crippen molar-refractivity contribution in [1.82, 2.24) is 0 Å². The minimum Gasteiger partial charge on any atom is -0.480 e. The topological polar surface area (TPSA) is 101 Å². The molecule has 1 fully saturated rings. The standard InChI is InChI=1S/C7H8O6/c8-4(9)7(5(10)11)2-1-3-13-6(7)12/h1-3H2,(H,8,9)(H,10,11). The van der Waals surface area contributed by atoms with Crippen molar-refractivity contribution in [2.45, 2.75) is 12.8 Å². The fourth-order valence-electron chi connectivity index (χ4n) is 1.21. The van der Waals surface area contributed by atoms with Crippen molar-refractivity contribution in [2.75, 3.05) is 6.61 Å². The van der Waals surface area contributed by atoms with E-state index in [0.29, 0.717) is 0 Å². The molecule has 1 aliphatic rings. The highest BCUT2D eigenvalue weighted by molar-refractivity contribution is 6.17. The second-order valence-corrected chi connectivity index (χ2v) is 2.76. The van der Waals surface area contributed by atoms with Gasteiger partial charge < -0.3 is 14.9 Å². The van der Waals surface area contributed by atoms with E-state index in [2.05, 4.69) is 4.74 Å².